The number of phenolic OH excluding ortho intramolecular Hbond substituents is 1. The van der Waals surface area contributed by atoms with Crippen LogP contribution in [0.4, 0.5) is 0 Å². The number of benzene rings is 4. The number of halogens is 1. The van der Waals surface area contributed by atoms with Crippen molar-refractivity contribution < 1.29 is 14.6 Å². The molecule has 0 amide bonds. The van der Waals surface area contributed by atoms with Gasteiger partial charge in [0.15, 0.2) is 17.6 Å². The molecule has 2 fully saturated rings. The lowest BCUT2D eigenvalue weighted by atomic mass is 9.48. The molecule has 10 rings (SSSR count). The van der Waals surface area contributed by atoms with E-state index < -0.39 is 11.0 Å². The minimum absolute atomic E-state index is 0.188. The highest BCUT2D eigenvalue weighted by molar-refractivity contribution is 6.31. The van der Waals surface area contributed by atoms with E-state index in [1.807, 2.05) is 12.1 Å². The molecule has 6 heteroatoms. The number of fused-ring (bicyclic) bond motifs is 4. The highest BCUT2D eigenvalue weighted by atomic mass is 35.5. The predicted octanol–water partition coefficient (Wildman–Crippen LogP) is 8.59. The molecule has 1 N–H and O–H groups in total. The zero-order valence-electron chi connectivity index (χ0n) is 27.6. The second kappa shape index (κ2) is 10.4. The van der Waals surface area contributed by atoms with Gasteiger partial charge in [0.1, 0.15) is 5.60 Å². The third-order valence-corrected chi connectivity index (χ3v) is 12.6. The van der Waals surface area contributed by atoms with Crippen LogP contribution >= 0.6 is 11.6 Å². The molecule has 3 heterocycles. The Hall–Kier alpha value is -3.77. The number of aryl methyl sites for hydroxylation is 2. The molecule has 1 spiro atoms. The zero-order valence-corrected chi connectivity index (χ0v) is 28.4. The van der Waals surface area contributed by atoms with Crippen LogP contribution in [-0.4, -0.2) is 39.3 Å². The molecule has 5 aromatic rings. The van der Waals surface area contributed by atoms with Crippen LogP contribution in [0.1, 0.15) is 70.0 Å². The van der Waals surface area contributed by atoms with Crippen molar-refractivity contribution in [1.29, 1.82) is 0 Å². The number of hydrogen-bond donors (Lipinski definition) is 1. The summed E-state index contributed by atoms with van der Waals surface area (Å²) in [6.07, 6.45) is 4.92. The molecule has 4 atom stereocenters. The lowest BCUT2D eigenvalue weighted by molar-refractivity contribution is -0.211. The van der Waals surface area contributed by atoms with Gasteiger partial charge < -0.3 is 19.1 Å². The summed E-state index contributed by atoms with van der Waals surface area (Å²) in [5.41, 5.74) is 10.1. The first-order valence-electron chi connectivity index (χ1n) is 17.7. The van der Waals surface area contributed by atoms with Crippen LogP contribution < -0.4 is 4.74 Å². The normalized spacial score (nSPS) is 26.7. The second-order valence-corrected chi connectivity index (χ2v) is 15.7. The Balaban J connectivity index is 1.24. The third-order valence-electron chi connectivity index (χ3n) is 12.3. The summed E-state index contributed by atoms with van der Waals surface area (Å²) in [5, 5.41) is 13.4. The van der Waals surface area contributed by atoms with Crippen molar-refractivity contribution in [3.63, 3.8) is 0 Å². The topological polar surface area (TPSA) is 46.9 Å². The molecule has 1 saturated carbocycles. The van der Waals surface area contributed by atoms with Gasteiger partial charge in [-0.1, -0.05) is 77.3 Å². The number of aromatic nitrogens is 1. The molecule has 0 radical (unpaired) electrons. The first-order chi connectivity index (χ1) is 23.3. The van der Waals surface area contributed by atoms with Gasteiger partial charge in [-0.25, -0.2) is 0 Å². The fraction of sp³-hybridized carbons (Fsp3) is 0.381. The van der Waals surface area contributed by atoms with E-state index in [0.717, 1.165) is 49.8 Å². The first-order valence-corrected chi connectivity index (χ1v) is 18.0. The highest BCUT2D eigenvalue weighted by Crippen LogP contribution is 2.70. The van der Waals surface area contributed by atoms with E-state index in [1.165, 1.54) is 68.4 Å². The minimum atomic E-state index is -0.557. The third kappa shape index (κ3) is 4.04. The summed E-state index contributed by atoms with van der Waals surface area (Å²) in [5.74, 6) is 1.66. The molecule has 1 aromatic heterocycles. The standard InChI is InChI=1S/C42H41ClN2O3/c1-25-5-3-7-28(17-25)23-45-34-13-12-31(43)20-32(34)33-21-42(47-24-29-8-4-6-26(2)18-29)36-19-30-11-14-35(46)39-37(30)41(42,40(48-39)38(33)45)15-16-44(36)22-27-9-10-27/h3-8,11-14,17-18,20,27,36,40,46H,9-10,15-16,19,21-24H2,1-2H3/t36-,40+,41+,42-/m1/s1. The van der Waals surface area contributed by atoms with Crippen LogP contribution in [0.3, 0.4) is 0 Å². The fourth-order valence-corrected chi connectivity index (χ4v) is 10.4. The van der Waals surface area contributed by atoms with Crippen LogP contribution in [0.5, 0.6) is 11.5 Å². The monoisotopic (exact) mass is 656 g/mol. The van der Waals surface area contributed by atoms with Crippen molar-refractivity contribution in [2.45, 2.75) is 82.3 Å². The van der Waals surface area contributed by atoms with Crippen molar-refractivity contribution in [3.05, 3.63) is 129 Å². The molecule has 2 bridgehead atoms. The predicted molar refractivity (Wildman–Crippen MR) is 189 cm³/mol. The van der Waals surface area contributed by atoms with Gasteiger partial charge in [-0.15, -0.1) is 0 Å². The summed E-state index contributed by atoms with van der Waals surface area (Å²) >= 11 is 6.80. The maximum Gasteiger partial charge on any atom is 0.166 e. The van der Waals surface area contributed by atoms with Crippen molar-refractivity contribution in [2.75, 3.05) is 13.1 Å². The zero-order chi connectivity index (χ0) is 32.4. The van der Waals surface area contributed by atoms with E-state index in [9.17, 15) is 5.11 Å². The number of rotatable bonds is 7. The Morgan fingerprint density at radius 2 is 1.75 bits per heavy atom. The fourth-order valence-electron chi connectivity index (χ4n) is 10.2. The number of phenols is 1. The number of hydrogen-bond acceptors (Lipinski definition) is 4. The van der Waals surface area contributed by atoms with E-state index in [1.54, 1.807) is 0 Å². The minimum Gasteiger partial charge on any atom is -0.504 e. The Labute approximate surface area is 287 Å². The number of likely N-dealkylation sites (tertiary alicyclic amines) is 1. The molecular weight excluding hydrogens is 616 g/mol. The largest absolute Gasteiger partial charge is 0.504 e. The van der Waals surface area contributed by atoms with Gasteiger partial charge in [0.05, 0.1) is 17.7 Å². The maximum atomic E-state index is 11.5. The molecule has 3 aliphatic carbocycles. The maximum absolute atomic E-state index is 11.5. The molecule has 244 valence electrons. The molecule has 2 aliphatic heterocycles. The number of ether oxygens (including phenoxy) is 2. The Morgan fingerprint density at radius 3 is 2.54 bits per heavy atom. The quantitative estimate of drug-likeness (QED) is 0.191. The molecule has 4 aromatic carbocycles. The summed E-state index contributed by atoms with van der Waals surface area (Å²) in [6.45, 7) is 7.70. The van der Waals surface area contributed by atoms with Gasteiger partial charge in [0.2, 0.25) is 0 Å². The first kappa shape index (κ1) is 29.2. The Morgan fingerprint density at radius 1 is 0.958 bits per heavy atom. The van der Waals surface area contributed by atoms with Crippen molar-refractivity contribution >= 4 is 22.5 Å². The molecule has 5 aliphatic rings. The number of nitrogens with zero attached hydrogens (tertiary/aromatic N) is 2. The summed E-state index contributed by atoms with van der Waals surface area (Å²) in [6, 6.07) is 28.1. The van der Waals surface area contributed by atoms with E-state index in [-0.39, 0.29) is 17.9 Å². The lowest BCUT2D eigenvalue weighted by Gasteiger charge is -2.64. The van der Waals surface area contributed by atoms with Crippen LogP contribution in [-0.2, 0) is 36.1 Å². The molecule has 48 heavy (non-hydrogen) atoms. The van der Waals surface area contributed by atoms with Gasteiger partial charge in [-0.2, -0.15) is 0 Å². The Bertz CT molecular complexity index is 2130. The molecule has 0 unspecified atom stereocenters. The smallest absolute Gasteiger partial charge is 0.166 e. The summed E-state index contributed by atoms with van der Waals surface area (Å²) in [7, 11) is 0. The van der Waals surface area contributed by atoms with Crippen LogP contribution in [0.25, 0.3) is 10.9 Å². The van der Waals surface area contributed by atoms with Crippen LogP contribution in [0, 0.1) is 19.8 Å². The summed E-state index contributed by atoms with van der Waals surface area (Å²) in [4.78, 5) is 2.77. The lowest BCUT2D eigenvalue weighted by Crippen LogP contribution is -2.75. The van der Waals surface area contributed by atoms with E-state index >= 15 is 0 Å². The summed E-state index contributed by atoms with van der Waals surface area (Å²) < 4.78 is 17.3. The molecular formula is C42H41ClN2O3. The van der Waals surface area contributed by atoms with Crippen LogP contribution in [0.2, 0.25) is 5.02 Å². The van der Waals surface area contributed by atoms with Gasteiger partial charge >= 0.3 is 0 Å². The molecule has 1 saturated heterocycles. The number of piperidine rings is 1. The van der Waals surface area contributed by atoms with E-state index in [4.69, 9.17) is 21.1 Å². The number of aromatic hydroxyl groups is 1. The van der Waals surface area contributed by atoms with Crippen molar-refractivity contribution in [3.8, 4) is 11.5 Å². The van der Waals surface area contributed by atoms with E-state index in [2.05, 4.69) is 90.0 Å². The Kier molecular flexibility index (Phi) is 6.30. The van der Waals surface area contributed by atoms with Crippen LogP contribution in [0.15, 0.2) is 78.9 Å². The average Bonchev–Trinajstić information content (AvgIpc) is 3.75. The van der Waals surface area contributed by atoms with Gasteiger partial charge in [0.25, 0.3) is 0 Å². The van der Waals surface area contributed by atoms with Crippen molar-refractivity contribution in [1.82, 2.24) is 9.47 Å². The second-order valence-electron chi connectivity index (χ2n) is 15.3. The van der Waals surface area contributed by atoms with Crippen molar-refractivity contribution in [2.24, 2.45) is 5.92 Å². The van der Waals surface area contributed by atoms with Gasteiger partial charge in [0, 0.05) is 47.0 Å². The average molecular weight is 657 g/mol. The SMILES string of the molecule is Cc1cccc(CO[C@@]23Cc4c(n(Cc5cccc(C)c5)c5ccc(Cl)cc45)[C@@H]4Oc5c(O)ccc6c5[C@@]42CCN(CC2CC2)[C@@H]3C6)c1. The van der Waals surface area contributed by atoms with E-state index in [0.29, 0.717) is 12.4 Å². The molecule has 5 nitrogen and oxygen atoms in total. The van der Waals surface area contributed by atoms with Gasteiger partial charge in [-0.3, -0.25) is 4.90 Å². The van der Waals surface area contributed by atoms with Gasteiger partial charge in [-0.05, 0) is 98.5 Å². The highest BCUT2D eigenvalue weighted by Gasteiger charge is 2.74.